The van der Waals surface area contributed by atoms with E-state index in [-0.39, 0.29) is 5.91 Å². The highest BCUT2D eigenvalue weighted by molar-refractivity contribution is 6.00. The Labute approximate surface area is 114 Å². The maximum atomic E-state index is 11.7. The first-order chi connectivity index (χ1) is 9.06. The van der Waals surface area contributed by atoms with Crippen molar-refractivity contribution < 1.29 is 4.79 Å². The minimum Gasteiger partial charge on any atom is -0.357 e. The van der Waals surface area contributed by atoms with E-state index in [4.69, 9.17) is 0 Å². The van der Waals surface area contributed by atoms with Crippen molar-refractivity contribution in [2.45, 2.75) is 33.6 Å². The van der Waals surface area contributed by atoms with E-state index >= 15 is 0 Å². The first-order valence-corrected chi connectivity index (χ1v) is 6.75. The second-order valence-corrected chi connectivity index (χ2v) is 5.21. The largest absolute Gasteiger partial charge is 0.357 e. The van der Waals surface area contributed by atoms with Gasteiger partial charge in [-0.2, -0.15) is 0 Å². The second-order valence-electron chi connectivity index (χ2n) is 5.21. The number of hydrogen-bond acceptors (Lipinski definition) is 3. The number of nitrogens with zero attached hydrogens (tertiary/aromatic N) is 2. The normalized spacial score (nSPS) is 14.4. The number of carbonyl (C=O) groups excluding carboxylic acids is 1. The fourth-order valence-electron chi connectivity index (χ4n) is 2.23. The number of nitrogens with one attached hydrogen (secondary N) is 1. The first-order valence-electron chi connectivity index (χ1n) is 6.75. The summed E-state index contributed by atoms with van der Waals surface area (Å²) in [6.45, 7) is 7.89. The molecule has 0 spiro atoms. The van der Waals surface area contributed by atoms with E-state index < -0.39 is 0 Å². The zero-order valence-corrected chi connectivity index (χ0v) is 11.9. The van der Waals surface area contributed by atoms with Crippen LogP contribution in [0.15, 0.2) is 23.8 Å². The van der Waals surface area contributed by atoms with E-state index in [1.807, 2.05) is 32.9 Å². The fraction of sp³-hybridized carbons (Fsp3) is 0.467. The van der Waals surface area contributed by atoms with E-state index in [1.165, 1.54) is 12.8 Å². The molecule has 0 radical (unpaired) electrons. The molecule has 1 N–H and O–H groups in total. The van der Waals surface area contributed by atoms with Gasteiger partial charge in [-0.1, -0.05) is 5.57 Å². The van der Waals surface area contributed by atoms with Crippen LogP contribution in [-0.2, 0) is 4.79 Å². The van der Waals surface area contributed by atoms with Crippen molar-refractivity contribution in [3.8, 4) is 0 Å². The highest BCUT2D eigenvalue weighted by Crippen LogP contribution is 2.22. The molecule has 1 aliphatic heterocycles. The molecule has 4 heteroatoms. The average Bonchev–Trinajstić information content (AvgIpc) is 2.84. The van der Waals surface area contributed by atoms with Crippen molar-refractivity contribution in [3.05, 3.63) is 29.5 Å². The molecule has 1 fully saturated rings. The Balaban J connectivity index is 2.10. The quantitative estimate of drug-likeness (QED) is 0.849. The summed E-state index contributed by atoms with van der Waals surface area (Å²) in [5.74, 6) is 0.911. The molecule has 0 atom stereocenters. The Morgan fingerprint density at radius 2 is 2.00 bits per heavy atom. The Morgan fingerprint density at radius 1 is 1.32 bits per heavy atom. The van der Waals surface area contributed by atoms with E-state index in [0.717, 1.165) is 35.9 Å². The van der Waals surface area contributed by atoms with Crippen LogP contribution >= 0.6 is 0 Å². The number of pyridine rings is 1. The molecule has 1 amide bonds. The summed E-state index contributed by atoms with van der Waals surface area (Å²) >= 11 is 0. The van der Waals surface area contributed by atoms with Crippen molar-refractivity contribution >= 4 is 17.4 Å². The lowest BCUT2D eigenvalue weighted by atomic mass is 10.2. The number of rotatable bonds is 3. The van der Waals surface area contributed by atoms with Crippen molar-refractivity contribution in [2.75, 3.05) is 23.3 Å². The molecule has 102 valence electrons. The topological polar surface area (TPSA) is 45.2 Å². The van der Waals surface area contributed by atoms with Gasteiger partial charge in [0.15, 0.2) is 0 Å². The van der Waals surface area contributed by atoms with E-state index in [9.17, 15) is 4.79 Å². The standard InChI is InChI=1S/C15H21N3O/c1-11(2)10-15(19)17-13-6-7-14(16-12(13)3)18-8-4-5-9-18/h6-7,10H,4-5,8-9H2,1-3H3,(H,17,19). The third kappa shape index (κ3) is 3.56. The molecule has 0 unspecified atom stereocenters. The summed E-state index contributed by atoms with van der Waals surface area (Å²) in [5, 5.41) is 2.86. The maximum absolute atomic E-state index is 11.7. The first kappa shape index (κ1) is 13.6. The summed E-state index contributed by atoms with van der Waals surface area (Å²) in [4.78, 5) is 18.6. The molecule has 1 aliphatic rings. The second kappa shape index (κ2) is 5.87. The number of anilines is 2. The predicted molar refractivity (Wildman–Crippen MR) is 78.5 cm³/mol. The van der Waals surface area contributed by atoms with Crippen LogP contribution in [0, 0.1) is 6.92 Å². The third-order valence-corrected chi connectivity index (χ3v) is 3.18. The van der Waals surface area contributed by atoms with Crippen molar-refractivity contribution in [3.63, 3.8) is 0 Å². The van der Waals surface area contributed by atoms with Gasteiger partial charge < -0.3 is 10.2 Å². The number of amides is 1. The zero-order valence-electron chi connectivity index (χ0n) is 11.9. The number of carbonyl (C=O) groups is 1. The van der Waals surface area contributed by atoms with Crippen LogP contribution in [0.2, 0.25) is 0 Å². The van der Waals surface area contributed by atoms with Gasteiger partial charge in [-0.25, -0.2) is 4.98 Å². The highest BCUT2D eigenvalue weighted by Gasteiger charge is 2.14. The molecular formula is C15H21N3O. The highest BCUT2D eigenvalue weighted by atomic mass is 16.1. The smallest absolute Gasteiger partial charge is 0.248 e. The molecule has 1 saturated heterocycles. The summed E-state index contributed by atoms with van der Waals surface area (Å²) in [7, 11) is 0. The molecule has 4 nitrogen and oxygen atoms in total. The van der Waals surface area contributed by atoms with Gasteiger partial charge >= 0.3 is 0 Å². The summed E-state index contributed by atoms with van der Waals surface area (Å²) in [6.07, 6.45) is 4.06. The van der Waals surface area contributed by atoms with Gasteiger partial charge in [0.25, 0.3) is 0 Å². The monoisotopic (exact) mass is 259 g/mol. The van der Waals surface area contributed by atoms with Crippen LogP contribution in [0.5, 0.6) is 0 Å². The number of hydrogen-bond donors (Lipinski definition) is 1. The number of allylic oxidation sites excluding steroid dienone is 1. The van der Waals surface area contributed by atoms with Gasteiger partial charge in [0.05, 0.1) is 11.4 Å². The Bertz CT molecular complexity index is 498. The van der Waals surface area contributed by atoms with Crippen molar-refractivity contribution in [2.24, 2.45) is 0 Å². The molecule has 0 bridgehead atoms. The minimum absolute atomic E-state index is 0.0983. The van der Waals surface area contributed by atoms with Crippen LogP contribution in [0.1, 0.15) is 32.4 Å². The molecular weight excluding hydrogens is 238 g/mol. The third-order valence-electron chi connectivity index (χ3n) is 3.18. The van der Waals surface area contributed by atoms with E-state index in [1.54, 1.807) is 6.08 Å². The molecule has 19 heavy (non-hydrogen) atoms. The molecule has 2 heterocycles. The lowest BCUT2D eigenvalue weighted by Gasteiger charge is -2.17. The molecule has 1 aromatic heterocycles. The maximum Gasteiger partial charge on any atom is 0.248 e. The molecule has 0 aromatic carbocycles. The Morgan fingerprint density at radius 3 is 2.58 bits per heavy atom. The SMILES string of the molecule is CC(C)=CC(=O)Nc1ccc(N2CCCC2)nc1C. The predicted octanol–water partition coefficient (Wildman–Crippen LogP) is 2.89. The molecule has 0 aliphatic carbocycles. The lowest BCUT2D eigenvalue weighted by molar-refractivity contribution is -0.111. The zero-order chi connectivity index (χ0) is 13.8. The van der Waals surface area contributed by atoms with Crippen molar-refractivity contribution in [1.29, 1.82) is 0 Å². The lowest BCUT2D eigenvalue weighted by Crippen LogP contribution is -2.19. The summed E-state index contributed by atoms with van der Waals surface area (Å²) in [6, 6.07) is 3.92. The molecule has 0 saturated carbocycles. The van der Waals surface area contributed by atoms with Gasteiger partial charge in [-0.15, -0.1) is 0 Å². The van der Waals surface area contributed by atoms with Crippen LogP contribution in [-0.4, -0.2) is 24.0 Å². The Hall–Kier alpha value is -1.84. The van der Waals surface area contributed by atoms with E-state index in [0.29, 0.717) is 0 Å². The summed E-state index contributed by atoms with van der Waals surface area (Å²) < 4.78 is 0. The van der Waals surface area contributed by atoms with Gasteiger partial charge in [-0.3, -0.25) is 4.79 Å². The van der Waals surface area contributed by atoms with Crippen LogP contribution in [0.4, 0.5) is 11.5 Å². The van der Waals surface area contributed by atoms with Gasteiger partial charge in [0, 0.05) is 19.2 Å². The van der Waals surface area contributed by atoms with Gasteiger partial charge in [0.2, 0.25) is 5.91 Å². The number of aryl methyl sites for hydroxylation is 1. The average molecular weight is 259 g/mol. The van der Waals surface area contributed by atoms with Crippen LogP contribution < -0.4 is 10.2 Å². The molecule has 2 rings (SSSR count). The van der Waals surface area contributed by atoms with Crippen LogP contribution in [0.25, 0.3) is 0 Å². The minimum atomic E-state index is -0.0983. The van der Waals surface area contributed by atoms with E-state index in [2.05, 4.69) is 15.2 Å². The fourth-order valence-corrected chi connectivity index (χ4v) is 2.23. The Kier molecular flexibility index (Phi) is 4.20. The van der Waals surface area contributed by atoms with Crippen LogP contribution in [0.3, 0.4) is 0 Å². The van der Waals surface area contributed by atoms with Crippen molar-refractivity contribution in [1.82, 2.24) is 4.98 Å². The molecule has 1 aromatic rings. The summed E-state index contributed by atoms with van der Waals surface area (Å²) in [5.41, 5.74) is 2.63. The van der Waals surface area contributed by atoms with Gasteiger partial charge in [-0.05, 0) is 45.7 Å². The number of aromatic nitrogens is 1. The van der Waals surface area contributed by atoms with Gasteiger partial charge in [0.1, 0.15) is 5.82 Å².